The van der Waals surface area contributed by atoms with Crippen molar-refractivity contribution in [1.29, 1.82) is 0 Å². The molecule has 1 unspecified atom stereocenters. The summed E-state index contributed by atoms with van der Waals surface area (Å²) in [6.45, 7) is 4.20. The van der Waals surface area contributed by atoms with Crippen molar-refractivity contribution in [3.05, 3.63) is 60.3 Å². The van der Waals surface area contributed by atoms with E-state index in [9.17, 15) is 9.90 Å². The lowest BCUT2D eigenvalue weighted by Gasteiger charge is -2.13. The molecule has 27 heavy (non-hydrogen) atoms. The summed E-state index contributed by atoms with van der Waals surface area (Å²) in [5, 5.41) is 16.0. The maximum atomic E-state index is 12.0. The van der Waals surface area contributed by atoms with Crippen LogP contribution in [0.15, 0.2) is 54.6 Å². The first-order valence-corrected chi connectivity index (χ1v) is 9.32. The molecule has 0 aliphatic heterocycles. The summed E-state index contributed by atoms with van der Waals surface area (Å²) < 4.78 is 0. The van der Waals surface area contributed by atoms with E-state index in [1.54, 1.807) is 0 Å². The molecule has 1 heterocycles. The number of aliphatic hydroxyl groups excluding tert-OH is 1. The second kappa shape index (κ2) is 8.64. The number of carbonyl (C=O) groups excluding carboxylic acids is 1. The standard InChI is InChI=1S/C22H25N3O2/c1-3-18(26)14-23-22(27)24-17-10-11-21-16(12-17)13-19(20(4-2)25-21)15-8-6-5-7-9-15/h5-13,18,26H,3-4,14H2,1-2H3,(H2,23,24,27). The van der Waals surface area contributed by atoms with Crippen molar-refractivity contribution >= 4 is 22.6 Å². The topological polar surface area (TPSA) is 74.2 Å². The van der Waals surface area contributed by atoms with Crippen LogP contribution in [-0.4, -0.2) is 28.8 Å². The molecule has 0 aliphatic rings. The van der Waals surface area contributed by atoms with Crippen LogP contribution in [0.3, 0.4) is 0 Å². The van der Waals surface area contributed by atoms with Gasteiger partial charge in [-0.05, 0) is 42.7 Å². The first kappa shape index (κ1) is 18.9. The van der Waals surface area contributed by atoms with E-state index in [-0.39, 0.29) is 12.6 Å². The zero-order chi connectivity index (χ0) is 19.2. The number of carbonyl (C=O) groups is 1. The number of amides is 2. The molecule has 5 nitrogen and oxygen atoms in total. The number of fused-ring (bicyclic) bond motifs is 1. The summed E-state index contributed by atoms with van der Waals surface area (Å²) in [6, 6.07) is 17.7. The summed E-state index contributed by atoms with van der Waals surface area (Å²) >= 11 is 0. The summed E-state index contributed by atoms with van der Waals surface area (Å²) in [7, 11) is 0. The van der Waals surface area contributed by atoms with Crippen molar-refractivity contribution < 1.29 is 9.90 Å². The number of hydrogen-bond acceptors (Lipinski definition) is 3. The first-order chi connectivity index (χ1) is 13.1. The Bertz CT molecular complexity index is 925. The van der Waals surface area contributed by atoms with E-state index >= 15 is 0 Å². The Labute approximate surface area is 159 Å². The number of aromatic nitrogens is 1. The quantitative estimate of drug-likeness (QED) is 0.609. The van der Waals surface area contributed by atoms with Crippen molar-refractivity contribution in [2.24, 2.45) is 0 Å². The molecule has 3 rings (SSSR count). The molecule has 2 amide bonds. The lowest BCUT2D eigenvalue weighted by Crippen LogP contribution is -2.34. The minimum absolute atomic E-state index is 0.232. The SMILES string of the molecule is CCc1nc2ccc(NC(=O)NCC(O)CC)cc2cc1-c1ccccc1. The number of pyridine rings is 1. The Morgan fingerprint density at radius 3 is 2.59 bits per heavy atom. The van der Waals surface area contributed by atoms with Crippen LogP contribution in [0, 0.1) is 0 Å². The van der Waals surface area contributed by atoms with Gasteiger partial charge in [-0.15, -0.1) is 0 Å². The largest absolute Gasteiger partial charge is 0.391 e. The number of hydrogen-bond donors (Lipinski definition) is 3. The molecule has 2 aromatic carbocycles. The minimum Gasteiger partial charge on any atom is -0.391 e. The molecular formula is C22H25N3O2. The number of urea groups is 1. The van der Waals surface area contributed by atoms with E-state index in [2.05, 4.69) is 35.8 Å². The molecule has 1 aromatic heterocycles. The number of aryl methyl sites for hydroxylation is 1. The van der Waals surface area contributed by atoms with Gasteiger partial charge in [0.2, 0.25) is 0 Å². The highest BCUT2D eigenvalue weighted by Crippen LogP contribution is 2.28. The van der Waals surface area contributed by atoms with Gasteiger partial charge in [-0.3, -0.25) is 4.98 Å². The normalized spacial score (nSPS) is 12.0. The van der Waals surface area contributed by atoms with E-state index < -0.39 is 6.10 Å². The zero-order valence-corrected chi connectivity index (χ0v) is 15.7. The van der Waals surface area contributed by atoms with Gasteiger partial charge < -0.3 is 15.7 Å². The van der Waals surface area contributed by atoms with Gasteiger partial charge in [0.25, 0.3) is 0 Å². The second-order valence-electron chi connectivity index (χ2n) is 6.51. The Morgan fingerprint density at radius 2 is 1.89 bits per heavy atom. The predicted octanol–water partition coefficient (Wildman–Crippen LogP) is 4.36. The van der Waals surface area contributed by atoms with E-state index in [1.807, 2.05) is 43.3 Å². The monoisotopic (exact) mass is 363 g/mol. The number of rotatable bonds is 6. The van der Waals surface area contributed by atoms with Gasteiger partial charge in [0.1, 0.15) is 0 Å². The van der Waals surface area contributed by atoms with Crippen molar-refractivity contribution in [3.8, 4) is 11.1 Å². The summed E-state index contributed by atoms with van der Waals surface area (Å²) in [5.74, 6) is 0. The maximum absolute atomic E-state index is 12.0. The predicted molar refractivity (Wildman–Crippen MR) is 110 cm³/mol. The van der Waals surface area contributed by atoms with Gasteiger partial charge in [0.05, 0.1) is 11.6 Å². The van der Waals surface area contributed by atoms with Gasteiger partial charge in [-0.2, -0.15) is 0 Å². The molecule has 3 N–H and O–H groups in total. The van der Waals surface area contributed by atoms with Gasteiger partial charge in [-0.1, -0.05) is 44.2 Å². The first-order valence-electron chi connectivity index (χ1n) is 9.32. The highest BCUT2D eigenvalue weighted by Gasteiger charge is 2.10. The molecule has 0 fully saturated rings. The van der Waals surface area contributed by atoms with Crippen LogP contribution >= 0.6 is 0 Å². The van der Waals surface area contributed by atoms with Gasteiger partial charge in [0, 0.05) is 28.9 Å². The Hall–Kier alpha value is -2.92. The highest BCUT2D eigenvalue weighted by atomic mass is 16.3. The van der Waals surface area contributed by atoms with Crippen LogP contribution in [0.25, 0.3) is 22.0 Å². The fourth-order valence-electron chi connectivity index (χ4n) is 2.96. The fourth-order valence-corrected chi connectivity index (χ4v) is 2.96. The van der Waals surface area contributed by atoms with E-state index in [4.69, 9.17) is 4.98 Å². The highest BCUT2D eigenvalue weighted by molar-refractivity contribution is 5.93. The molecule has 5 heteroatoms. The third-order valence-corrected chi connectivity index (χ3v) is 4.54. The third-order valence-electron chi connectivity index (χ3n) is 4.54. The summed E-state index contributed by atoms with van der Waals surface area (Å²) in [4.78, 5) is 16.8. The third kappa shape index (κ3) is 4.63. The number of aliphatic hydroxyl groups is 1. The van der Waals surface area contributed by atoms with Gasteiger partial charge in [0.15, 0.2) is 0 Å². The maximum Gasteiger partial charge on any atom is 0.319 e. The van der Waals surface area contributed by atoms with E-state index in [0.29, 0.717) is 12.1 Å². The lowest BCUT2D eigenvalue weighted by atomic mass is 10.00. The fraction of sp³-hybridized carbons (Fsp3) is 0.273. The summed E-state index contributed by atoms with van der Waals surface area (Å²) in [5.41, 5.74) is 4.89. The molecule has 1 atom stereocenters. The average Bonchev–Trinajstić information content (AvgIpc) is 2.71. The van der Waals surface area contributed by atoms with Crippen molar-refractivity contribution in [2.45, 2.75) is 32.8 Å². The van der Waals surface area contributed by atoms with Crippen LogP contribution in [-0.2, 0) is 6.42 Å². The minimum atomic E-state index is -0.530. The Morgan fingerprint density at radius 1 is 1.11 bits per heavy atom. The molecule has 3 aromatic rings. The molecule has 140 valence electrons. The van der Waals surface area contributed by atoms with E-state index in [1.165, 1.54) is 0 Å². The lowest BCUT2D eigenvalue weighted by molar-refractivity contribution is 0.168. The van der Waals surface area contributed by atoms with Crippen molar-refractivity contribution in [1.82, 2.24) is 10.3 Å². The summed E-state index contributed by atoms with van der Waals surface area (Å²) in [6.07, 6.45) is 0.921. The average molecular weight is 363 g/mol. The smallest absolute Gasteiger partial charge is 0.319 e. The van der Waals surface area contributed by atoms with Crippen molar-refractivity contribution in [3.63, 3.8) is 0 Å². The molecule has 0 saturated heterocycles. The zero-order valence-electron chi connectivity index (χ0n) is 15.7. The van der Waals surface area contributed by atoms with Crippen LogP contribution < -0.4 is 10.6 Å². The Kier molecular flexibility index (Phi) is 6.04. The molecule has 0 bridgehead atoms. The second-order valence-corrected chi connectivity index (χ2v) is 6.51. The van der Waals surface area contributed by atoms with Crippen molar-refractivity contribution in [2.75, 3.05) is 11.9 Å². The number of nitrogens with zero attached hydrogens (tertiary/aromatic N) is 1. The molecule has 0 saturated carbocycles. The van der Waals surface area contributed by atoms with Gasteiger partial charge in [-0.25, -0.2) is 4.79 Å². The van der Waals surface area contributed by atoms with Crippen LogP contribution in [0.5, 0.6) is 0 Å². The number of nitrogens with one attached hydrogen (secondary N) is 2. The molecule has 0 radical (unpaired) electrons. The van der Waals surface area contributed by atoms with Gasteiger partial charge >= 0.3 is 6.03 Å². The Balaban J connectivity index is 1.87. The molecule has 0 aliphatic carbocycles. The van der Waals surface area contributed by atoms with Crippen LogP contribution in [0.2, 0.25) is 0 Å². The molecule has 0 spiro atoms. The number of anilines is 1. The van der Waals surface area contributed by atoms with Crippen LogP contribution in [0.4, 0.5) is 10.5 Å². The van der Waals surface area contributed by atoms with Crippen LogP contribution in [0.1, 0.15) is 26.0 Å². The molecular weight excluding hydrogens is 338 g/mol. The van der Waals surface area contributed by atoms with E-state index in [0.717, 1.165) is 34.1 Å². The number of benzene rings is 2.